The van der Waals surface area contributed by atoms with Crippen molar-refractivity contribution >= 4 is 23.2 Å². The standard InChI is InChI=1S/C18H17N5OS/c1-12(24)23-9-14(10-23)20-18-19-8-7-15(22-18)16-11-25-17(21-16)13-5-3-2-4-6-13/h2-8,11,14H,9-10H2,1H3,(H,19,20,22). The number of anilines is 1. The van der Waals surface area contributed by atoms with Crippen molar-refractivity contribution in [3.05, 3.63) is 48.0 Å². The maximum Gasteiger partial charge on any atom is 0.223 e. The van der Waals surface area contributed by atoms with Gasteiger partial charge in [0, 0.05) is 37.2 Å². The topological polar surface area (TPSA) is 71.0 Å². The lowest BCUT2D eigenvalue weighted by atomic mass is 10.1. The fourth-order valence-electron chi connectivity index (χ4n) is 2.69. The summed E-state index contributed by atoms with van der Waals surface area (Å²) in [5.41, 5.74) is 2.73. The minimum Gasteiger partial charge on any atom is -0.348 e. The van der Waals surface area contributed by atoms with E-state index < -0.39 is 0 Å². The highest BCUT2D eigenvalue weighted by Crippen LogP contribution is 2.28. The summed E-state index contributed by atoms with van der Waals surface area (Å²) in [5, 5.41) is 6.25. The van der Waals surface area contributed by atoms with Crippen molar-refractivity contribution in [2.24, 2.45) is 0 Å². The lowest BCUT2D eigenvalue weighted by molar-refractivity contribution is -0.132. The van der Waals surface area contributed by atoms with Crippen molar-refractivity contribution in [1.82, 2.24) is 19.9 Å². The summed E-state index contributed by atoms with van der Waals surface area (Å²) in [4.78, 5) is 26.5. The Morgan fingerprint density at radius 1 is 1.16 bits per heavy atom. The van der Waals surface area contributed by atoms with Gasteiger partial charge in [-0.05, 0) is 6.07 Å². The predicted molar refractivity (Wildman–Crippen MR) is 98.2 cm³/mol. The number of thiazole rings is 1. The van der Waals surface area contributed by atoms with E-state index in [0.717, 1.165) is 22.0 Å². The predicted octanol–water partition coefficient (Wildman–Crippen LogP) is 2.91. The van der Waals surface area contributed by atoms with Gasteiger partial charge in [0.1, 0.15) is 10.7 Å². The number of nitrogens with one attached hydrogen (secondary N) is 1. The number of nitrogens with zero attached hydrogens (tertiary/aromatic N) is 4. The molecule has 7 heteroatoms. The van der Waals surface area contributed by atoms with E-state index in [-0.39, 0.29) is 11.9 Å². The molecular formula is C18H17N5OS. The lowest BCUT2D eigenvalue weighted by Crippen LogP contribution is -2.56. The number of benzene rings is 1. The van der Waals surface area contributed by atoms with Crippen molar-refractivity contribution in [3.8, 4) is 22.0 Å². The van der Waals surface area contributed by atoms with Crippen LogP contribution in [0.15, 0.2) is 48.0 Å². The third kappa shape index (κ3) is 3.36. The number of aromatic nitrogens is 3. The molecule has 1 aliphatic rings. The third-order valence-corrected chi connectivity index (χ3v) is 4.99. The number of hydrogen-bond acceptors (Lipinski definition) is 6. The number of carbonyl (C=O) groups excluding carboxylic acids is 1. The Morgan fingerprint density at radius 2 is 1.96 bits per heavy atom. The zero-order chi connectivity index (χ0) is 17.2. The van der Waals surface area contributed by atoms with Crippen LogP contribution in [-0.2, 0) is 4.79 Å². The molecule has 1 saturated heterocycles. The summed E-state index contributed by atoms with van der Waals surface area (Å²) in [5.74, 6) is 0.670. The maximum absolute atomic E-state index is 11.2. The van der Waals surface area contributed by atoms with Crippen molar-refractivity contribution in [1.29, 1.82) is 0 Å². The molecule has 1 amide bonds. The van der Waals surface area contributed by atoms with Crippen LogP contribution in [-0.4, -0.2) is 44.9 Å². The Kier molecular flexibility index (Phi) is 4.15. The van der Waals surface area contributed by atoms with E-state index in [0.29, 0.717) is 19.0 Å². The summed E-state index contributed by atoms with van der Waals surface area (Å²) in [6.45, 7) is 2.97. The molecule has 4 rings (SSSR count). The van der Waals surface area contributed by atoms with Crippen LogP contribution in [0.1, 0.15) is 6.92 Å². The van der Waals surface area contributed by atoms with Gasteiger partial charge in [-0.15, -0.1) is 11.3 Å². The third-order valence-electron chi connectivity index (χ3n) is 4.10. The number of amides is 1. The maximum atomic E-state index is 11.2. The SMILES string of the molecule is CC(=O)N1CC(Nc2nccc(-c3csc(-c4ccccc4)n3)n2)C1. The van der Waals surface area contributed by atoms with Gasteiger partial charge in [0.05, 0.1) is 11.7 Å². The molecular weight excluding hydrogens is 334 g/mol. The fraction of sp³-hybridized carbons (Fsp3) is 0.222. The Hall–Kier alpha value is -2.80. The number of rotatable bonds is 4. The minimum absolute atomic E-state index is 0.101. The molecule has 0 saturated carbocycles. The highest BCUT2D eigenvalue weighted by Gasteiger charge is 2.28. The van der Waals surface area contributed by atoms with Crippen molar-refractivity contribution in [2.75, 3.05) is 18.4 Å². The van der Waals surface area contributed by atoms with E-state index in [1.54, 1.807) is 29.4 Å². The van der Waals surface area contributed by atoms with Gasteiger partial charge < -0.3 is 10.2 Å². The van der Waals surface area contributed by atoms with Crippen molar-refractivity contribution < 1.29 is 4.79 Å². The molecule has 1 aromatic carbocycles. The monoisotopic (exact) mass is 351 g/mol. The highest BCUT2D eigenvalue weighted by molar-refractivity contribution is 7.13. The second kappa shape index (κ2) is 6.60. The summed E-state index contributed by atoms with van der Waals surface area (Å²) < 4.78 is 0. The molecule has 0 spiro atoms. The quantitative estimate of drug-likeness (QED) is 0.782. The normalized spacial score (nSPS) is 14.2. The largest absolute Gasteiger partial charge is 0.348 e. The molecule has 2 aromatic heterocycles. The average Bonchev–Trinajstić information content (AvgIpc) is 3.09. The van der Waals surface area contributed by atoms with Crippen LogP contribution in [0.2, 0.25) is 0 Å². The fourth-order valence-corrected chi connectivity index (χ4v) is 3.51. The van der Waals surface area contributed by atoms with Crippen LogP contribution in [0, 0.1) is 0 Å². The van der Waals surface area contributed by atoms with Gasteiger partial charge in [0.25, 0.3) is 0 Å². The van der Waals surface area contributed by atoms with Gasteiger partial charge in [-0.3, -0.25) is 4.79 Å². The molecule has 0 aliphatic carbocycles. The minimum atomic E-state index is 0.101. The van der Waals surface area contributed by atoms with E-state index in [1.165, 1.54) is 0 Å². The molecule has 0 unspecified atom stereocenters. The molecule has 126 valence electrons. The summed E-state index contributed by atoms with van der Waals surface area (Å²) >= 11 is 1.60. The average molecular weight is 351 g/mol. The first-order chi connectivity index (χ1) is 12.2. The van der Waals surface area contributed by atoms with Crippen molar-refractivity contribution in [3.63, 3.8) is 0 Å². The van der Waals surface area contributed by atoms with Crippen LogP contribution < -0.4 is 5.32 Å². The van der Waals surface area contributed by atoms with Gasteiger partial charge in [-0.1, -0.05) is 30.3 Å². The summed E-state index contributed by atoms with van der Waals surface area (Å²) in [6.07, 6.45) is 1.73. The van der Waals surface area contributed by atoms with Gasteiger partial charge in [0.15, 0.2) is 0 Å². The molecule has 6 nitrogen and oxygen atoms in total. The second-order valence-corrected chi connectivity index (χ2v) is 6.79. The van der Waals surface area contributed by atoms with E-state index in [4.69, 9.17) is 0 Å². The molecule has 0 atom stereocenters. The van der Waals surface area contributed by atoms with Crippen LogP contribution >= 0.6 is 11.3 Å². The Balaban J connectivity index is 1.49. The number of carbonyl (C=O) groups is 1. The van der Waals surface area contributed by atoms with Crippen LogP contribution in [0.5, 0.6) is 0 Å². The first-order valence-electron chi connectivity index (χ1n) is 8.05. The lowest BCUT2D eigenvalue weighted by Gasteiger charge is -2.38. The van der Waals surface area contributed by atoms with E-state index in [2.05, 4.69) is 20.3 Å². The molecule has 1 aliphatic heterocycles. The molecule has 3 aromatic rings. The first-order valence-corrected chi connectivity index (χ1v) is 8.93. The van der Waals surface area contributed by atoms with Crippen LogP contribution in [0.4, 0.5) is 5.95 Å². The molecule has 0 radical (unpaired) electrons. The Labute approximate surface area is 149 Å². The molecule has 1 N–H and O–H groups in total. The number of hydrogen-bond donors (Lipinski definition) is 1. The van der Waals surface area contributed by atoms with E-state index in [9.17, 15) is 4.79 Å². The smallest absolute Gasteiger partial charge is 0.223 e. The summed E-state index contributed by atoms with van der Waals surface area (Å²) in [6, 6.07) is 12.2. The van der Waals surface area contributed by atoms with Crippen LogP contribution in [0.3, 0.4) is 0 Å². The summed E-state index contributed by atoms with van der Waals surface area (Å²) in [7, 11) is 0. The zero-order valence-electron chi connectivity index (χ0n) is 13.7. The molecule has 25 heavy (non-hydrogen) atoms. The molecule has 0 bridgehead atoms. The second-order valence-electron chi connectivity index (χ2n) is 5.93. The highest BCUT2D eigenvalue weighted by atomic mass is 32.1. The zero-order valence-corrected chi connectivity index (χ0v) is 14.5. The molecule has 1 fully saturated rings. The Morgan fingerprint density at radius 3 is 2.72 bits per heavy atom. The van der Waals surface area contributed by atoms with Gasteiger partial charge in [-0.2, -0.15) is 0 Å². The first kappa shape index (κ1) is 15.7. The Bertz CT molecular complexity index is 889. The van der Waals surface area contributed by atoms with Crippen molar-refractivity contribution in [2.45, 2.75) is 13.0 Å². The molecule has 3 heterocycles. The van der Waals surface area contributed by atoms with Gasteiger partial charge >= 0.3 is 0 Å². The van der Waals surface area contributed by atoms with E-state index >= 15 is 0 Å². The van der Waals surface area contributed by atoms with Gasteiger partial charge in [0.2, 0.25) is 11.9 Å². The van der Waals surface area contributed by atoms with Gasteiger partial charge in [-0.25, -0.2) is 15.0 Å². The van der Waals surface area contributed by atoms with Crippen LogP contribution in [0.25, 0.3) is 22.0 Å². The van der Waals surface area contributed by atoms with E-state index in [1.807, 2.05) is 41.8 Å². The number of likely N-dealkylation sites (tertiary alicyclic amines) is 1.